The fraction of sp³-hybridized carbons (Fsp3) is 0.0714. The molecule has 0 atom stereocenters. The number of hydrogen-bond donors (Lipinski definition) is 1. The number of rotatable bonds is 4. The Morgan fingerprint density at radius 3 is 2.84 bits per heavy atom. The summed E-state index contributed by atoms with van der Waals surface area (Å²) in [6, 6.07) is 3.51. The van der Waals surface area contributed by atoms with E-state index in [0.29, 0.717) is 11.3 Å². The van der Waals surface area contributed by atoms with Crippen molar-refractivity contribution in [2.45, 2.75) is 6.92 Å². The Bertz CT molecular complexity index is 696. The summed E-state index contributed by atoms with van der Waals surface area (Å²) in [6.07, 6.45) is 8.76. The van der Waals surface area contributed by atoms with Gasteiger partial charge in [0.2, 0.25) is 0 Å². The molecule has 0 spiro atoms. The molecule has 0 aliphatic rings. The summed E-state index contributed by atoms with van der Waals surface area (Å²) in [7, 11) is 0. The zero-order chi connectivity index (χ0) is 13.8. The van der Waals surface area contributed by atoms with Crippen molar-refractivity contribution < 1.29 is 9.90 Å². The summed E-state index contributed by atoms with van der Waals surface area (Å²) < 4.78 is 1.45. The number of carboxylic acid groups (broad SMARTS) is 1. The quantitative estimate of drug-likeness (QED) is 0.852. The van der Waals surface area contributed by atoms with Crippen LogP contribution in [-0.4, -0.2) is 25.7 Å². The maximum absolute atomic E-state index is 10.8. The fourth-order valence-electron chi connectivity index (χ4n) is 1.60. The minimum atomic E-state index is -1.07. The Morgan fingerprint density at radius 1 is 1.42 bits per heavy atom. The van der Waals surface area contributed by atoms with Crippen molar-refractivity contribution >= 4 is 17.2 Å². The van der Waals surface area contributed by atoms with Gasteiger partial charge < -0.3 is 5.11 Å². The molecule has 0 aromatic carbocycles. The van der Waals surface area contributed by atoms with Gasteiger partial charge in [-0.2, -0.15) is 5.10 Å². The van der Waals surface area contributed by atoms with Crippen LogP contribution in [0.1, 0.15) is 23.1 Å². The van der Waals surface area contributed by atoms with E-state index in [1.54, 1.807) is 18.2 Å². The first-order valence-corrected chi connectivity index (χ1v) is 5.71. The number of hydrogen-bond acceptors (Lipinski definition) is 3. The first-order chi connectivity index (χ1) is 9.15. The van der Waals surface area contributed by atoms with E-state index in [1.165, 1.54) is 10.7 Å². The molecule has 0 fully saturated rings. The third-order valence-corrected chi connectivity index (χ3v) is 2.52. The van der Waals surface area contributed by atoms with Crippen LogP contribution >= 0.6 is 0 Å². The number of fused-ring (bicyclic) bond motifs is 1. The molecule has 5 nitrogen and oxygen atoms in total. The van der Waals surface area contributed by atoms with Crippen LogP contribution in [0.3, 0.4) is 0 Å². The Morgan fingerprint density at radius 2 is 2.21 bits per heavy atom. The van der Waals surface area contributed by atoms with Gasteiger partial charge in [0.1, 0.15) is 0 Å². The van der Waals surface area contributed by atoms with Crippen molar-refractivity contribution in [1.29, 1.82) is 0 Å². The van der Waals surface area contributed by atoms with Crippen molar-refractivity contribution in [1.82, 2.24) is 14.6 Å². The average Bonchev–Trinajstić information content (AvgIpc) is 2.83. The van der Waals surface area contributed by atoms with Crippen molar-refractivity contribution in [3.8, 4) is 0 Å². The van der Waals surface area contributed by atoms with Gasteiger partial charge in [-0.3, -0.25) is 0 Å². The molecule has 0 amide bonds. The maximum atomic E-state index is 10.8. The molecule has 2 aromatic rings. The Hall–Kier alpha value is -2.69. The highest BCUT2D eigenvalue weighted by molar-refractivity contribution is 5.86. The van der Waals surface area contributed by atoms with E-state index in [1.807, 2.05) is 25.2 Å². The first-order valence-electron chi connectivity index (χ1n) is 5.71. The Labute approximate surface area is 110 Å². The second kappa shape index (κ2) is 5.30. The van der Waals surface area contributed by atoms with Crippen LogP contribution in [0, 0.1) is 0 Å². The van der Waals surface area contributed by atoms with E-state index in [9.17, 15) is 4.79 Å². The Balaban J connectivity index is 2.51. The lowest BCUT2D eigenvalue weighted by Crippen LogP contribution is -1.96. The number of aromatic nitrogens is 3. The van der Waals surface area contributed by atoms with Crippen LogP contribution in [0.15, 0.2) is 49.2 Å². The number of carbonyl (C=O) groups is 1. The summed E-state index contributed by atoms with van der Waals surface area (Å²) in [5, 5.41) is 13.2. The van der Waals surface area contributed by atoms with E-state index in [0.717, 1.165) is 5.57 Å². The minimum absolute atomic E-state index is 0.0257. The highest BCUT2D eigenvalue weighted by Gasteiger charge is 2.10. The fourth-order valence-corrected chi connectivity index (χ4v) is 1.60. The van der Waals surface area contributed by atoms with Crippen LogP contribution < -0.4 is 0 Å². The molecule has 0 saturated carbocycles. The average molecular weight is 255 g/mol. The van der Waals surface area contributed by atoms with Gasteiger partial charge in [-0.25, -0.2) is 14.3 Å². The zero-order valence-electron chi connectivity index (χ0n) is 10.4. The number of aromatic carboxylic acids is 1. The predicted octanol–water partition coefficient (Wildman–Crippen LogP) is 2.57. The minimum Gasteiger partial charge on any atom is -0.476 e. The molecule has 2 rings (SSSR count). The van der Waals surface area contributed by atoms with Crippen LogP contribution in [0.25, 0.3) is 11.2 Å². The lowest BCUT2D eigenvalue weighted by molar-refractivity contribution is 0.0691. The molecule has 0 bridgehead atoms. The molecular weight excluding hydrogens is 242 g/mol. The van der Waals surface area contributed by atoms with E-state index < -0.39 is 5.97 Å². The van der Waals surface area contributed by atoms with Gasteiger partial charge in [-0.15, -0.1) is 0 Å². The van der Waals surface area contributed by atoms with Crippen molar-refractivity contribution in [2.75, 3.05) is 0 Å². The van der Waals surface area contributed by atoms with Crippen LogP contribution in [0.4, 0.5) is 0 Å². The first kappa shape index (κ1) is 12.8. The van der Waals surface area contributed by atoms with Gasteiger partial charge in [0.05, 0.1) is 11.9 Å². The number of allylic oxidation sites excluding steroid dienone is 5. The second-order valence-electron chi connectivity index (χ2n) is 3.80. The number of carboxylic acids is 1. The molecule has 0 unspecified atom stereocenters. The monoisotopic (exact) mass is 255 g/mol. The van der Waals surface area contributed by atoms with Gasteiger partial charge in [-0.05, 0) is 19.1 Å². The van der Waals surface area contributed by atoms with Crippen LogP contribution in [-0.2, 0) is 0 Å². The summed E-state index contributed by atoms with van der Waals surface area (Å²) in [6.45, 7) is 5.66. The molecule has 5 heteroatoms. The molecule has 0 saturated heterocycles. The molecule has 2 aromatic heterocycles. The highest BCUT2D eigenvalue weighted by Crippen LogP contribution is 2.14. The molecule has 19 heavy (non-hydrogen) atoms. The standard InChI is InChI=1S/C14H13N3O2/c1-3-5-6-10(4-2)11-7-8-13-15-12(14(18)19)9-17(13)16-11/h3-9H,2H2,1H3,(H,18,19)/b5-3-,10-6+. The molecule has 1 N–H and O–H groups in total. The summed E-state index contributed by atoms with van der Waals surface area (Å²) in [5.41, 5.74) is 2.03. The van der Waals surface area contributed by atoms with Crippen LogP contribution in [0.5, 0.6) is 0 Å². The van der Waals surface area contributed by atoms with E-state index >= 15 is 0 Å². The summed E-state index contributed by atoms with van der Waals surface area (Å²) >= 11 is 0. The largest absolute Gasteiger partial charge is 0.476 e. The summed E-state index contributed by atoms with van der Waals surface area (Å²) in [5.74, 6) is -1.07. The second-order valence-corrected chi connectivity index (χ2v) is 3.80. The molecule has 0 radical (unpaired) electrons. The van der Waals surface area contributed by atoms with Gasteiger partial charge >= 0.3 is 5.97 Å². The predicted molar refractivity (Wildman–Crippen MR) is 72.9 cm³/mol. The SMILES string of the molecule is C=C/C(=C\C=C/C)c1ccc2nc(C(=O)O)cn2n1. The van der Waals surface area contributed by atoms with E-state index in [4.69, 9.17) is 5.11 Å². The highest BCUT2D eigenvalue weighted by atomic mass is 16.4. The lowest BCUT2D eigenvalue weighted by Gasteiger charge is -2.00. The van der Waals surface area contributed by atoms with Gasteiger partial charge in [0, 0.05) is 5.57 Å². The molecule has 2 heterocycles. The van der Waals surface area contributed by atoms with Gasteiger partial charge in [-0.1, -0.05) is 30.9 Å². The molecule has 96 valence electrons. The van der Waals surface area contributed by atoms with E-state index in [2.05, 4.69) is 16.7 Å². The third-order valence-electron chi connectivity index (χ3n) is 2.52. The van der Waals surface area contributed by atoms with Gasteiger partial charge in [0.25, 0.3) is 0 Å². The van der Waals surface area contributed by atoms with E-state index in [-0.39, 0.29) is 5.69 Å². The molecule has 0 aliphatic heterocycles. The molecular formula is C14H13N3O2. The zero-order valence-corrected chi connectivity index (χ0v) is 10.4. The lowest BCUT2D eigenvalue weighted by atomic mass is 10.1. The van der Waals surface area contributed by atoms with Crippen LogP contribution in [0.2, 0.25) is 0 Å². The Kier molecular flexibility index (Phi) is 3.56. The maximum Gasteiger partial charge on any atom is 0.356 e. The summed E-state index contributed by atoms with van der Waals surface area (Å²) in [4.78, 5) is 14.8. The normalized spacial score (nSPS) is 12.2. The smallest absolute Gasteiger partial charge is 0.356 e. The van der Waals surface area contributed by atoms with Crippen molar-refractivity contribution in [2.24, 2.45) is 0 Å². The third kappa shape index (κ3) is 2.60. The van der Waals surface area contributed by atoms with Crippen molar-refractivity contribution in [3.05, 3.63) is 60.6 Å². The van der Waals surface area contributed by atoms with Crippen molar-refractivity contribution in [3.63, 3.8) is 0 Å². The topological polar surface area (TPSA) is 67.5 Å². The van der Waals surface area contributed by atoms with Gasteiger partial charge in [0.15, 0.2) is 11.3 Å². The number of imidazole rings is 1. The molecule has 0 aliphatic carbocycles. The number of nitrogens with zero attached hydrogens (tertiary/aromatic N) is 3.